The smallest absolute Gasteiger partial charge is 0.264 e. The molecule has 0 heterocycles. The molecule has 1 unspecified atom stereocenters. The Morgan fingerprint density at radius 1 is 1.24 bits per heavy atom. The van der Waals surface area contributed by atoms with Crippen molar-refractivity contribution in [3.63, 3.8) is 0 Å². The Balaban J connectivity index is 1.90. The molecule has 0 aliphatic rings. The van der Waals surface area contributed by atoms with Crippen molar-refractivity contribution in [3.05, 3.63) is 54.1 Å². The summed E-state index contributed by atoms with van der Waals surface area (Å²) < 4.78 is 5.36. The molecule has 1 atom stereocenters. The lowest BCUT2D eigenvalue weighted by Crippen LogP contribution is -2.37. The summed E-state index contributed by atoms with van der Waals surface area (Å²) in [4.78, 5) is 11.9. The number of benzene rings is 2. The fourth-order valence-electron chi connectivity index (χ4n) is 2.18. The standard InChI is InChI=1S/C19H22N2O3S/c1-3-13(2)14-9-10-17(22)16(11-14)20-19(25)21-18(23)12-24-15-7-5-4-6-8-15/h4-11,13,22H,3,12H2,1-2H3,(H2,20,21,23,25). The van der Waals surface area contributed by atoms with Crippen molar-refractivity contribution in [1.29, 1.82) is 0 Å². The van der Waals surface area contributed by atoms with Crippen LogP contribution in [0.4, 0.5) is 5.69 Å². The molecule has 132 valence electrons. The van der Waals surface area contributed by atoms with Crippen molar-refractivity contribution in [1.82, 2.24) is 5.32 Å². The zero-order chi connectivity index (χ0) is 18.2. The highest BCUT2D eigenvalue weighted by Crippen LogP contribution is 2.28. The molecule has 6 heteroatoms. The average Bonchev–Trinajstić information content (AvgIpc) is 2.62. The number of nitrogens with one attached hydrogen (secondary N) is 2. The summed E-state index contributed by atoms with van der Waals surface area (Å²) in [6.45, 7) is 4.06. The maximum atomic E-state index is 11.9. The minimum atomic E-state index is -0.376. The third-order valence-electron chi connectivity index (χ3n) is 3.82. The summed E-state index contributed by atoms with van der Waals surface area (Å²) in [5.41, 5.74) is 1.55. The van der Waals surface area contributed by atoms with Gasteiger partial charge in [-0.05, 0) is 54.4 Å². The van der Waals surface area contributed by atoms with E-state index in [1.165, 1.54) is 0 Å². The van der Waals surface area contributed by atoms with Crippen LogP contribution in [0, 0.1) is 0 Å². The first-order valence-corrected chi connectivity index (χ1v) is 8.52. The summed E-state index contributed by atoms with van der Waals surface area (Å²) in [6, 6.07) is 14.4. The van der Waals surface area contributed by atoms with E-state index in [9.17, 15) is 9.90 Å². The van der Waals surface area contributed by atoms with Gasteiger partial charge in [-0.1, -0.05) is 38.1 Å². The van der Waals surface area contributed by atoms with Crippen molar-refractivity contribution in [2.75, 3.05) is 11.9 Å². The second-order valence-corrected chi connectivity index (χ2v) is 6.10. The summed E-state index contributed by atoms with van der Waals surface area (Å²) in [5, 5.41) is 15.5. The minimum absolute atomic E-state index is 0.0733. The van der Waals surface area contributed by atoms with E-state index in [2.05, 4.69) is 24.5 Å². The fourth-order valence-corrected chi connectivity index (χ4v) is 2.40. The van der Waals surface area contributed by atoms with Crippen LogP contribution in [0.2, 0.25) is 0 Å². The van der Waals surface area contributed by atoms with Gasteiger partial charge in [-0.15, -0.1) is 0 Å². The maximum Gasteiger partial charge on any atom is 0.264 e. The largest absolute Gasteiger partial charge is 0.506 e. The molecule has 2 aromatic rings. The summed E-state index contributed by atoms with van der Waals surface area (Å²) in [6.07, 6.45) is 0.988. The third-order valence-corrected chi connectivity index (χ3v) is 4.02. The van der Waals surface area contributed by atoms with Gasteiger partial charge in [0.2, 0.25) is 0 Å². The number of carbonyl (C=O) groups is 1. The third kappa shape index (κ3) is 5.76. The van der Waals surface area contributed by atoms with Gasteiger partial charge in [-0.25, -0.2) is 0 Å². The van der Waals surface area contributed by atoms with E-state index in [0.717, 1.165) is 12.0 Å². The van der Waals surface area contributed by atoms with Crippen LogP contribution in [0.15, 0.2) is 48.5 Å². The zero-order valence-electron chi connectivity index (χ0n) is 14.3. The molecule has 2 rings (SSSR count). The Hall–Kier alpha value is -2.60. The number of ether oxygens (including phenoxy) is 1. The second kappa shape index (κ2) is 9.03. The van der Waals surface area contributed by atoms with Crippen LogP contribution in [0.25, 0.3) is 0 Å². The van der Waals surface area contributed by atoms with Gasteiger partial charge >= 0.3 is 0 Å². The summed E-state index contributed by atoms with van der Waals surface area (Å²) in [7, 11) is 0. The Bertz CT molecular complexity index is 735. The second-order valence-electron chi connectivity index (χ2n) is 5.69. The number of hydrogen-bond acceptors (Lipinski definition) is 4. The molecule has 0 saturated carbocycles. The first-order chi connectivity index (χ1) is 12.0. The molecule has 1 amide bonds. The number of amides is 1. The lowest BCUT2D eigenvalue weighted by Gasteiger charge is -2.15. The summed E-state index contributed by atoms with van der Waals surface area (Å²) in [5.74, 6) is 0.669. The highest BCUT2D eigenvalue weighted by molar-refractivity contribution is 7.80. The molecule has 0 saturated heterocycles. The first kappa shape index (κ1) is 18.7. The highest BCUT2D eigenvalue weighted by Gasteiger charge is 2.11. The van der Waals surface area contributed by atoms with Gasteiger partial charge in [-0.3, -0.25) is 10.1 Å². The number of rotatable bonds is 6. The Kier molecular flexibility index (Phi) is 6.77. The van der Waals surface area contributed by atoms with Crippen LogP contribution in [0.5, 0.6) is 11.5 Å². The molecule has 5 nitrogen and oxygen atoms in total. The molecule has 3 N–H and O–H groups in total. The number of thiocarbonyl (C=S) groups is 1. The SMILES string of the molecule is CCC(C)c1ccc(O)c(NC(=S)NC(=O)COc2ccccc2)c1. The van der Waals surface area contributed by atoms with E-state index < -0.39 is 0 Å². The molecule has 0 aliphatic carbocycles. The number of aromatic hydroxyl groups is 1. The number of para-hydroxylation sites is 1. The fraction of sp³-hybridized carbons (Fsp3) is 0.263. The lowest BCUT2D eigenvalue weighted by molar-refractivity contribution is -0.121. The van der Waals surface area contributed by atoms with Gasteiger partial charge in [0, 0.05) is 0 Å². The van der Waals surface area contributed by atoms with Crippen LogP contribution in [0.3, 0.4) is 0 Å². The van der Waals surface area contributed by atoms with Crippen molar-refractivity contribution in [2.24, 2.45) is 0 Å². The number of anilines is 1. The Morgan fingerprint density at radius 2 is 1.96 bits per heavy atom. The van der Waals surface area contributed by atoms with Crippen LogP contribution in [-0.4, -0.2) is 22.7 Å². The number of phenolic OH excluding ortho intramolecular Hbond substituents is 1. The molecular formula is C19H22N2O3S. The molecule has 0 aliphatic heterocycles. The van der Waals surface area contributed by atoms with Gasteiger partial charge in [-0.2, -0.15) is 0 Å². The van der Waals surface area contributed by atoms with Gasteiger partial charge in [0.25, 0.3) is 5.91 Å². The van der Waals surface area contributed by atoms with E-state index in [-0.39, 0.29) is 23.4 Å². The van der Waals surface area contributed by atoms with E-state index in [4.69, 9.17) is 17.0 Å². The van der Waals surface area contributed by atoms with Gasteiger partial charge in [0.05, 0.1) is 5.69 Å². The van der Waals surface area contributed by atoms with Crippen LogP contribution < -0.4 is 15.4 Å². The molecule has 0 aromatic heterocycles. The van der Waals surface area contributed by atoms with Gasteiger partial charge in [0.1, 0.15) is 11.5 Å². The molecule has 0 radical (unpaired) electrons. The van der Waals surface area contributed by atoms with Gasteiger partial charge < -0.3 is 15.2 Å². The molecule has 25 heavy (non-hydrogen) atoms. The van der Waals surface area contributed by atoms with Crippen molar-refractivity contribution in [2.45, 2.75) is 26.2 Å². The quantitative estimate of drug-likeness (QED) is 0.541. The van der Waals surface area contributed by atoms with E-state index in [1.54, 1.807) is 18.2 Å². The van der Waals surface area contributed by atoms with Gasteiger partial charge in [0.15, 0.2) is 11.7 Å². The number of hydrogen-bond donors (Lipinski definition) is 3. The van der Waals surface area contributed by atoms with Crippen LogP contribution >= 0.6 is 12.2 Å². The summed E-state index contributed by atoms with van der Waals surface area (Å²) >= 11 is 5.13. The monoisotopic (exact) mass is 358 g/mol. The van der Waals surface area contributed by atoms with Crippen molar-refractivity contribution < 1.29 is 14.6 Å². The zero-order valence-corrected chi connectivity index (χ0v) is 15.1. The number of phenols is 1. The lowest BCUT2D eigenvalue weighted by atomic mass is 9.98. The van der Waals surface area contributed by atoms with Crippen LogP contribution in [0.1, 0.15) is 31.7 Å². The minimum Gasteiger partial charge on any atom is -0.506 e. The van der Waals surface area contributed by atoms with E-state index >= 15 is 0 Å². The maximum absolute atomic E-state index is 11.9. The predicted molar refractivity (Wildman–Crippen MR) is 103 cm³/mol. The first-order valence-electron chi connectivity index (χ1n) is 8.11. The molecule has 0 fully saturated rings. The Labute approximate surface area is 153 Å². The predicted octanol–water partition coefficient (Wildman–Crippen LogP) is 3.80. The number of carbonyl (C=O) groups excluding carboxylic acids is 1. The molecular weight excluding hydrogens is 336 g/mol. The van der Waals surface area contributed by atoms with Crippen molar-refractivity contribution >= 4 is 28.9 Å². The molecule has 0 bridgehead atoms. The topological polar surface area (TPSA) is 70.6 Å². The van der Waals surface area contributed by atoms with E-state index in [0.29, 0.717) is 17.4 Å². The average molecular weight is 358 g/mol. The van der Waals surface area contributed by atoms with Crippen LogP contribution in [-0.2, 0) is 4.79 Å². The molecule has 2 aromatic carbocycles. The Morgan fingerprint density at radius 3 is 2.64 bits per heavy atom. The normalized spacial score (nSPS) is 11.4. The van der Waals surface area contributed by atoms with E-state index in [1.807, 2.05) is 30.3 Å². The van der Waals surface area contributed by atoms with Crippen molar-refractivity contribution in [3.8, 4) is 11.5 Å². The molecule has 0 spiro atoms. The highest BCUT2D eigenvalue weighted by atomic mass is 32.1.